The maximum Gasteiger partial charge on any atom is 0.0742 e. The SMILES string of the molecule is C1=CC/C=C\N=CCN=C1. The first-order valence-corrected chi connectivity index (χ1v) is 3.32. The molecule has 2 heteroatoms. The standard InChI is InChI=1S/C8H10N2/c1-2-4-6-10-8-7-9-5-3-1/h1,3-6,8H,2,7H2/b3-1?,6-4-,9-5?,10-8?. The number of aliphatic imine (C=N–C) groups is 2. The molecular weight excluding hydrogens is 124 g/mol. The van der Waals surface area contributed by atoms with Gasteiger partial charge >= 0.3 is 0 Å². The highest BCUT2D eigenvalue weighted by atomic mass is 14.7. The van der Waals surface area contributed by atoms with Gasteiger partial charge < -0.3 is 0 Å². The Morgan fingerprint density at radius 1 is 1.20 bits per heavy atom. The molecule has 0 aromatic carbocycles. The van der Waals surface area contributed by atoms with Gasteiger partial charge in [0.2, 0.25) is 0 Å². The van der Waals surface area contributed by atoms with Crippen LogP contribution in [0.4, 0.5) is 0 Å². The van der Waals surface area contributed by atoms with Crippen molar-refractivity contribution < 1.29 is 0 Å². The van der Waals surface area contributed by atoms with E-state index in [1.54, 1.807) is 18.6 Å². The Labute approximate surface area is 60.7 Å². The van der Waals surface area contributed by atoms with Crippen LogP contribution in [0, 0.1) is 0 Å². The monoisotopic (exact) mass is 134 g/mol. The summed E-state index contributed by atoms with van der Waals surface area (Å²) in [7, 11) is 0. The average molecular weight is 134 g/mol. The Balaban J connectivity index is 2.50. The molecule has 52 valence electrons. The van der Waals surface area contributed by atoms with Crippen molar-refractivity contribution in [1.29, 1.82) is 0 Å². The molecular formula is C8H10N2. The summed E-state index contributed by atoms with van der Waals surface area (Å²) in [4.78, 5) is 8.02. The third-order valence-corrected chi connectivity index (χ3v) is 1.08. The molecule has 0 saturated carbocycles. The first-order chi connectivity index (χ1) is 5.00. The lowest BCUT2D eigenvalue weighted by atomic mass is 10.4. The van der Waals surface area contributed by atoms with Crippen LogP contribution in [-0.2, 0) is 0 Å². The van der Waals surface area contributed by atoms with Crippen molar-refractivity contribution in [3.63, 3.8) is 0 Å². The molecule has 0 aromatic rings. The van der Waals surface area contributed by atoms with Crippen molar-refractivity contribution in [2.45, 2.75) is 6.42 Å². The largest absolute Gasteiger partial charge is 0.287 e. The minimum atomic E-state index is 0.675. The van der Waals surface area contributed by atoms with Gasteiger partial charge in [0, 0.05) is 18.6 Å². The summed E-state index contributed by atoms with van der Waals surface area (Å²) < 4.78 is 0. The van der Waals surface area contributed by atoms with Gasteiger partial charge in [-0.05, 0) is 12.5 Å². The molecule has 10 heavy (non-hydrogen) atoms. The van der Waals surface area contributed by atoms with Crippen molar-refractivity contribution in [1.82, 2.24) is 0 Å². The van der Waals surface area contributed by atoms with Gasteiger partial charge in [0.15, 0.2) is 0 Å². The maximum atomic E-state index is 4.04. The second-order valence-electron chi connectivity index (χ2n) is 1.89. The molecule has 0 radical (unpaired) electrons. The minimum Gasteiger partial charge on any atom is -0.287 e. The van der Waals surface area contributed by atoms with Crippen LogP contribution in [0.15, 0.2) is 34.4 Å². The lowest BCUT2D eigenvalue weighted by Gasteiger charge is -1.83. The van der Waals surface area contributed by atoms with Crippen LogP contribution in [0.2, 0.25) is 0 Å². The quantitative estimate of drug-likeness (QED) is 0.480. The first kappa shape index (κ1) is 6.93. The summed E-state index contributed by atoms with van der Waals surface area (Å²) >= 11 is 0. The summed E-state index contributed by atoms with van der Waals surface area (Å²) in [5.74, 6) is 0. The molecule has 0 fully saturated rings. The Morgan fingerprint density at radius 3 is 3.20 bits per heavy atom. The van der Waals surface area contributed by atoms with Gasteiger partial charge in [0.1, 0.15) is 0 Å². The van der Waals surface area contributed by atoms with E-state index in [-0.39, 0.29) is 0 Å². The normalized spacial score (nSPS) is 20.8. The van der Waals surface area contributed by atoms with E-state index in [9.17, 15) is 0 Å². The van der Waals surface area contributed by atoms with Crippen LogP contribution in [0.5, 0.6) is 0 Å². The molecule has 0 unspecified atom stereocenters. The molecule has 2 nitrogen and oxygen atoms in total. The summed E-state index contributed by atoms with van der Waals surface area (Å²) in [6.45, 7) is 0.675. The summed E-state index contributed by atoms with van der Waals surface area (Å²) in [6, 6.07) is 0. The molecule has 1 rings (SSSR count). The predicted octanol–water partition coefficient (Wildman–Crippen LogP) is 1.60. The van der Waals surface area contributed by atoms with Gasteiger partial charge in [0.05, 0.1) is 6.54 Å². The first-order valence-electron chi connectivity index (χ1n) is 3.32. The zero-order chi connectivity index (χ0) is 7.07. The van der Waals surface area contributed by atoms with E-state index >= 15 is 0 Å². The molecule has 1 heterocycles. The molecule has 0 bridgehead atoms. The number of rotatable bonds is 0. The zero-order valence-electron chi connectivity index (χ0n) is 5.77. The minimum absolute atomic E-state index is 0.675. The smallest absolute Gasteiger partial charge is 0.0742 e. The van der Waals surface area contributed by atoms with Gasteiger partial charge in [-0.1, -0.05) is 12.2 Å². The third-order valence-electron chi connectivity index (χ3n) is 1.08. The van der Waals surface area contributed by atoms with Crippen LogP contribution >= 0.6 is 0 Å². The van der Waals surface area contributed by atoms with E-state index in [0.717, 1.165) is 6.42 Å². The molecule has 1 aliphatic rings. The van der Waals surface area contributed by atoms with E-state index in [1.807, 2.05) is 18.2 Å². The Morgan fingerprint density at radius 2 is 2.20 bits per heavy atom. The molecule has 0 N–H and O–H groups in total. The Kier molecular flexibility index (Phi) is 3.24. The van der Waals surface area contributed by atoms with Crippen LogP contribution in [-0.4, -0.2) is 19.0 Å². The van der Waals surface area contributed by atoms with Gasteiger partial charge in [-0.15, -0.1) is 0 Å². The third kappa shape index (κ3) is 2.97. The molecule has 1 aliphatic heterocycles. The van der Waals surface area contributed by atoms with E-state index in [2.05, 4.69) is 9.98 Å². The molecule has 0 amide bonds. The van der Waals surface area contributed by atoms with Crippen molar-refractivity contribution in [3.05, 3.63) is 24.4 Å². The fraction of sp³-hybridized carbons (Fsp3) is 0.250. The van der Waals surface area contributed by atoms with Crippen LogP contribution in [0.3, 0.4) is 0 Å². The highest BCUT2D eigenvalue weighted by Gasteiger charge is 1.73. The van der Waals surface area contributed by atoms with Crippen LogP contribution < -0.4 is 0 Å². The van der Waals surface area contributed by atoms with Crippen molar-refractivity contribution in [2.24, 2.45) is 9.98 Å². The summed E-state index contributed by atoms with van der Waals surface area (Å²) in [6.07, 6.45) is 12.3. The highest BCUT2D eigenvalue weighted by molar-refractivity contribution is 5.73. The number of nitrogens with zero attached hydrogens (tertiary/aromatic N) is 2. The van der Waals surface area contributed by atoms with Crippen LogP contribution in [0.1, 0.15) is 6.42 Å². The van der Waals surface area contributed by atoms with Crippen molar-refractivity contribution >= 4 is 12.4 Å². The summed E-state index contributed by atoms with van der Waals surface area (Å²) in [5.41, 5.74) is 0. The van der Waals surface area contributed by atoms with Crippen molar-refractivity contribution in [2.75, 3.05) is 6.54 Å². The number of allylic oxidation sites excluding steroid dienone is 3. The summed E-state index contributed by atoms with van der Waals surface area (Å²) in [5, 5.41) is 0. The molecule has 0 atom stereocenters. The van der Waals surface area contributed by atoms with E-state index in [0.29, 0.717) is 6.54 Å². The number of hydrogen-bond donors (Lipinski definition) is 0. The average Bonchev–Trinajstić information content (AvgIpc) is 2.01. The zero-order valence-corrected chi connectivity index (χ0v) is 5.77. The molecule has 0 saturated heterocycles. The topological polar surface area (TPSA) is 24.7 Å². The second-order valence-corrected chi connectivity index (χ2v) is 1.89. The van der Waals surface area contributed by atoms with Gasteiger partial charge in [-0.2, -0.15) is 0 Å². The molecule has 0 aromatic heterocycles. The lowest BCUT2D eigenvalue weighted by molar-refractivity contribution is 1.30. The van der Waals surface area contributed by atoms with E-state index in [1.165, 1.54) is 0 Å². The van der Waals surface area contributed by atoms with Gasteiger partial charge in [-0.25, -0.2) is 0 Å². The van der Waals surface area contributed by atoms with E-state index in [4.69, 9.17) is 0 Å². The fourth-order valence-corrected chi connectivity index (χ4v) is 0.617. The fourth-order valence-electron chi connectivity index (χ4n) is 0.617. The number of hydrogen-bond acceptors (Lipinski definition) is 2. The van der Waals surface area contributed by atoms with Crippen LogP contribution in [0.25, 0.3) is 0 Å². The maximum absolute atomic E-state index is 4.04. The Bertz CT molecular complexity index is 145. The van der Waals surface area contributed by atoms with Crippen molar-refractivity contribution in [3.8, 4) is 0 Å². The van der Waals surface area contributed by atoms with Gasteiger partial charge in [0.25, 0.3) is 0 Å². The lowest BCUT2D eigenvalue weighted by Crippen LogP contribution is -1.80. The highest BCUT2D eigenvalue weighted by Crippen LogP contribution is 1.86. The Hall–Kier alpha value is -1.18. The molecule has 0 aliphatic carbocycles. The van der Waals surface area contributed by atoms with Gasteiger partial charge in [-0.3, -0.25) is 9.98 Å². The predicted molar refractivity (Wildman–Crippen MR) is 44.7 cm³/mol. The molecule has 0 spiro atoms. The van der Waals surface area contributed by atoms with E-state index < -0.39 is 0 Å². The second kappa shape index (κ2) is 4.68.